The maximum atomic E-state index is 12.9. The van der Waals surface area contributed by atoms with Crippen LogP contribution in [0.5, 0.6) is 0 Å². The van der Waals surface area contributed by atoms with Crippen LogP contribution in [0.2, 0.25) is 0 Å². The quantitative estimate of drug-likeness (QED) is 0.827. The van der Waals surface area contributed by atoms with Crippen LogP contribution in [0.1, 0.15) is 20.8 Å². The number of carbonyl (C=O) groups excluding carboxylic acids is 1. The first kappa shape index (κ1) is 15.8. The SMILES string of the molecule is CC1OC(C)C(C(=O)N(CCO)c2ccccc2N)C1C. The lowest BCUT2D eigenvalue weighted by molar-refractivity contribution is -0.124. The fraction of sp³-hybridized carbons (Fsp3) is 0.562. The van der Waals surface area contributed by atoms with E-state index in [0.717, 1.165) is 0 Å². The summed E-state index contributed by atoms with van der Waals surface area (Å²) in [5.74, 6) is -0.115. The van der Waals surface area contributed by atoms with Crippen molar-refractivity contribution in [1.82, 2.24) is 0 Å². The average molecular weight is 292 g/mol. The van der Waals surface area contributed by atoms with Gasteiger partial charge in [0.05, 0.1) is 36.1 Å². The van der Waals surface area contributed by atoms with Gasteiger partial charge in [-0.3, -0.25) is 4.79 Å². The largest absolute Gasteiger partial charge is 0.397 e. The number of anilines is 2. The molecule has 0 saturated carbocycles. The summed E-state index contributed by atoms with van der Waals surface area (Å²) in [4.78, 5) is 14.5. The van der Waals surface area contributed by atoms with E-state index < -0.39 is 0 Å². The minimum Gasteiger partial charge on any atom is -0.397 e. The Morgan fingerprint density at radius 1 is 1.29 bits per heavy atom. The molecule has 1 aliphatic heterocycles. The van der Waals surface area contributed by atoms with E-state index in [1.54, 1.807) is 17.0 Å². The Morgan fingerprint density at radius 2 is 1.95 bits per heavy atom. The van der Waals surface area contributed by atoms with E-state index in [0.29, 0.717) is 11.4 Å². The zero-order valence-corrected chi connectivity index (χ0v) is 12.8. The van der Waals surface area contributed by atoms with E-state index in [1.165, 1.54) is 0 Å². The Balaban J connectivity index is 2.30. The van der Waals surface area contributed by atoms with E-state index in [-0.39, 0.29) is 43.1 Å². The van der Waals surface area contributed by atoms with Crippen molar-refractivity contribution in [3.05, 3.63) is 24.3 Å². The van der Waals surface area contributed by atoms with Crippen LogP contribution in [0.15, 0.2) is 24.3 Å². The van der Waals surface area contributed by atoms with Crippen molar-refractivity contribution in [2.75, 3.05) is 23.8 Å². The van der Waals surface area contributed by atoms with Crippen LogP contribution in [0.4, 0.5) is 11.4 Å². The second-order valence-electron chi connectivity index (χ2n) is 5.70. The van der Waals surface area contributed by atoms with Gasteiger partial charge in [-0.25, -0.2) is 0 Å². The number of ether oxygens (including phenoxy) is 1. The zero-order valence-electron chi connectivity index (χ0n) is 12.8. The molecule has 1 saturated heterocycles. The third-order valence-corrected chi connectivity index (χ3v) is 4.34. The fourth-order valence-corrected chi connectivity index (χ4v) is 3.05. The molecule has 0 spiro atoms. The van der Waals surface area contributed by atoms with Crippen molar-refractivity contribution < 1.29 is 14.6 Å². The molecule has 116 valence electrons. The predicted octanol–water partition coefficient (Wildman–Crippen LogP) is 1.65. The van der Waals surface area contributed by atoms with Gasteiger partial charge in [-0.2, -0.15) is 0 Å². The molecule has 1 aromatic rings. The number of rotatable bonds is 4. The van der Waals surface area contributed by atoms with Gasteiger partial charge >= 0.3 is 0 Å². The normalized spacial score (nSPS) is 28.6. The summed E-state index contributed by atoms with van der Waals surface area (Å²) in [6, 6.07) is 7.22. The maximum Gasteiger partial charge on any atom is 0.233 e. The van der Waals surface area contributed by atoms with Gasteiger partial charge in [0.25, 0.3) is 0 Å². The van der Waals surface area contributed by atoms with Gasteiger partial charge in [0, 0.05) is 6.54 Å². The van der Waals surface area contributed by atoms with Gasteiger partial charge < -0.3 is 20.5 Å². The number of amides is 1. The topological polar surface area (TPSA) is 75.8 Å². The highest BCUT2D eigenvalue weighted by molar-refractivity contribution is 5.98. The number of nitrogen functional groups attached to an aromatic ring is 1. The Bertz CT molecular complexity index is 506. The van der Waals surface area contributed by atoms with Crippen LogP contribution in [0, 0.1) is 11.8 Å². The van der Waals surface area contributed by atoms with Crippen molar-refractivity contribution in [3.63, 3.8) is 0 Å². The van der Waals surface area contributed by atoms with Crippen LogP contribution in [-0.4, -0.2) is 36.4 Å². The highest BCUT2D eigenvalue weighted by Crippen LogP contribution is 2.35. The smallest absolute Gasteiger partial charge is 0.233 e. The molecule has 0 aliphatic carbocycles. The third-order valence-electron chi connectivity index (χ3n) is 4.34. The van der Waals surface area contributed by atoms with Crippen LogP contribution in [-0.2, 0) is 9.53 Å². The number of carbonyl (C=O) groups is 1. The summed E-state index contributed by atoms with van der Waals surface area (Å²) in [6.45, 7) is 6.07. The monoisotopic (exact) mass is 292 g/mol. The van der Waals surface area contributed by atoms with Crippen LogP contribution in [0.3, 0.4) is 0 Å². The average Bonchev–Trinajstić information content (AvgIpc) is 2.70. The first-order chi connectivity index (χ1) is 9.97. The molecule has 5 heteroatoms. The second kappa shape index (κ2) is 6.45. The van der Waals surface area contributed by atoms with Crippen molar-refractivity contribution >= 4 is 17.3 Å². The minimum absolute atomic E-state index is 0.0358. The standard InChI is InChI=1S/C16H24N2O3/c1-10-11(2)21-12(3)15(10)16(20)18(8-9-19)14-7-5-4-6-13(14)17/h4-7,10-12,15,19H,8-9,17H2,1-3H3. The molecule has 2 rings (SSSR count). The molecule has 1 aromatic carbocycles. The number of para-hydroxylation sites is 2. The Kier molecular flexibility index (Phi) is 4.85. The van der Waals surface area contributed by atoms with E-state index in [4.69, 9.17) is 10.5 Å². The summed E-state index contributed by atoms with van der Waals surface area (Å²) in [5.41, 5.74) is 7.16. The second-order valence-corrected chi connectivity index (χ2v) is 5.70. The Morgan fingerprint density at radius 3 is 2.48 bits per heavy atom. The van der Waals surface area contributed by atoms with E-state index in [1.807, 2.05) is 32.9 Å². The fourth-order valence-electron chi connectivity index (χ4n) is 3.05. The molecule has 5 nitrogen and oxygen atoms in total. The predicted molar refractivity (Wildman–Crippen MR) is 83.0 cm³/mol. The minimum atomic E-state index is -0.217. The number of nitrogens with two attached hydrogens (primary N) is 1. The number of benzene rings is 1. The highest BCUT2D eigenvalue weighted by atomic mass is 16.5. The summed E-state index contributed by atoms with van der Waals surface area (Å²) in [7, 11) is 0. The molecular weight excluding hydrogens is 268 g/mol. The van der Waals surface area contributed by atoms with Gasteiger partial charge in [0.2, 0.25) is 5.91 Å². The summed E-state index contributed by atoms with van der Waals surface area (Å²) >= 11 is 0. The summed E-state index contributed by atoms with van der Waals surface area (Å²) in [5, 5.41) is 9.30. The van der Waals surface area contributed by atoms with Crippen molar-refractivity contribution in [2.24, 2.45) is 11.8 Å². The molecule has 4 unspecified atom stereocenters. The van der Waals surface area contributed by atoms with Gasteiger partial charge in [0.15, 0.2) is 0 Å². The first-order valence-corrected chi connectivity index (χ1v) is 7.39. The van der Waals surface area contributed by atoms with Gasteiger partial charge in [0.1, 0.15) is 0 Å². The third kappa shape index (κ3) is 3.04. The molecule has 21 heavy (non-hydrogen) atoms. The van der Waals surface area contributed by atoms with Crippen molar-refractivity contribution in [2.45, 2.75) is 33.0 Å². The Hall–Kier alpha value is -1.59. The first-order valence-electron chi connectivity index (χ1n) is 7.39. The van der Waals surface area contributed by atoms with Crippen LogP contribution < -0.4 is 10.6 Å². The van der Waals surface area contributed by atoms with Crippen molar-refractivity contribution in [3.8, 4) is 0 Å². The molecule has 1 aliphatic rings. The lowest BCUT2D eigenvalue weighted by Gasteiger charge is -2.29. The molecule has 1 amide bonds. The zero-order chi connectivity index (χ0) is 15.6. The molecule has 1 heterocycles. The Labute approximate surface area is 125 Å². The van der Waals surface area contributed by atoms with E-state index in [2.05, 4.69) is 0 Å². The lowest BCUT2D eigenvalue weighted by atomic mass is 9.88. The molecule has 4 atom stereocenters. The summed E-state index contributed by atoms with van der Waals surface area (Å²) < 4.78 is 5.76. The number of aliphatic hydroxyl groups is 1. The van der Waals surface area contributed by atoms with Gasteiger partial charge in [-0.1, -0.05) is 19.1 Å². The van der Waals surface area contributed by atoms with E-state index in [9.17, 15) is 9.90 Å². The van der Waals surface area contributed by atoms with Crippen molar-refractivity contribution in [1.29, 1.82) is 0 Å². The highest BCUT2D eigenvalue weighted by Gasteiger charge is 2.43. The maximum absolute atomic E-state index is 12.9. The molecule has 1 fully saturated rings. The molecule has 3 N–H and O–H groups in total. The lowest BCUT2D eigenvalue weighted by Crippen LogP contribution is -2.42. The van der Waals surface area contributed by atoms with Crippen LogP contribution >= 0.6 is 0 Å². The molecule has 0 aromatic heterocycles. The molecular formula is C16H24N2O3. The number of hydrogen-bond acceptors (Lipinski definition) is 4. The molecule has 0 bridgehead atoms. The van der Waals surface area contributed by atoms with Gasteiger partial charge in [-0.15, -0.1) is 0 Å². The number of nitrogens with zero attached hydrogens (tertiary/aromatic N) is 1. The van der Waals surface area contributed by atoms with Gasteiger partial charge in [-0.05, 0) is 31.9 Å². The van der Waals surface area contributed by atoms with Crippen LogP contribution in [0.25, 0.3) is 0 Å². The van der Waals surface area contributed by atoms with E-state index >= 15 is 0 Å². The molecule has 0 radical (unpaired) electrons. The summed E-state index contributed by atoms with van der Waals surface area (Å²) in [6.07, 6.45) is -0.0772. The number of aliphatic hydroxyl groups excluding tert-OH is 1. The number of hydrogen-bond donors (Lipinski definition) is 2.